The quantitative estimate of drug-likeness (QED) is 0.625. The zero-order valence-corrected chi connectivity index (χ0v) is 15.1. The second kappa shape index (κ2) is 5.87. The summed E-state index contributed by atoms with van der Waals surface area (Å²) in [5.41, 5.74) is 1.05. The smallest absolute Gasteiger partial charge is 0.248 e. The number of rotatable bonds is 5. The SMILES string of the molecule is CN(C)Cc1ccc(Br)nc1NC(=O)[C@@H]1C[C@@]2(C)C[C@H]2N1C=O. The van der Waals surface area contributed by atoms with Crippen LogP contribution in [0.2, 0.25) is 0 Å². The Morgan fingerprint density at radius 2 is 2.26 bits per heavy atom. The van der Waals surface area contributed by atoms with Crippen LogP contribution in [0, 0.1) is 5.41 Å². The van der Waals surface area contributed by atoms with Gasteiger partial charge in [0.05, 0.1) is 0 Å². The number of hydrogen-bond donors (Lipinski definition) is 1. The molecule has 0 unspecified atom stereocenters. The maximum absolute atomic E-state index is 12.7. The zero-order valence-electron chi connectivity index (χ0n) is 13.5. The van der Waals surface area contributed by atoms with Gasteiger partial charge < -0.3 is 15.1 Å². The molecule has 3 rings (SSSR count). The van der Waals surface area contributed by atoms with Gasteiger partial charge in [-0.1, -0.05) is 13.0 Å². The highest BCUT2D eigenvalue weighted by atomic mass is 79.9. The second-order valence-corrected chi connectivity index (χ2v) is 7.83. The first-order valence-electron chi connectivity index (χ1n) is 7.68. The van der Waals surface area contributed by atoms with Gasteiger partial charge in [0.1, 0.15) is 16.5 Å². The Balaban J connectivity index is 1.78. The largest absolute Gasteiger partial charge is 0.330 e. The molecule has 0 spiro atoms. The number of nitrogens with zero attached hydrogens (tertiary/aromatic N) is 3. The molecule has 1 aliphatic carbocycles. The van der Waals surface area contributed by atoms with E-state index >= 15 is 0 Å². The Morgan fingerprint density at radius 3 is 2.91 bits per heavy atom. The summed E-state index contributed by atoms with van der Waals surface area (Å²) in [5.74, 6) is 0.394. The normalized spacial score (nSPS) is 28.7. The molecule has 7 heteroatoms. The lowest BCUT2D eigenvalue weighted by Gasteiger charge is -2.23. The molecule has 1 aliphatic heterocycles. The molecule has 2 fully saturated rings. The topological polar surface area (TPSA) is 65.5 Å². The van der Waals surface area contributed by atoms with E-state index in [-0.39, 0.29) is 17.4 Å². The van der Waals surface area contributed by atoms with Crippen molar-refractivity contribution in [2.24, 2.45) is 5.41 Å². The first-order valence-corrected chi connectivity index (χ1v) is 8.47. The first-order chi connectivity index (χ1) is 10.8. The molecule has 3 atom stereocenters. The van der Waals surface area contributed by atoms with Crippen LogP contribution in [-0.4, -0.2) is 53.3 Å². The van der Waals surface area contributed by atoms with Crippen LogP contribution in [0.5, 0.6) is 0 Å². The predicted molar refractivity (Wildman–Crippen MR) is 90.8 cm³/mol. The molecular formula is C16H21BrN4O2. The Morgan fingerprint density at radius 1 is 1.52 bits per heavy atom. The van der Waals surface area contributed by atoms with Crippen molar-refractivity contribution in [1.29, 1.82) is 0 Å². The summed E-state index contributed by atoms with van der Waals surface area (Å²) in [5, 5.41) is 2.91. The van der Waals surface area contributed by atoms with Gasteiger partial charge in [-0.25, -0.2) is 4.98 Å². The third kappa shape index (κ3) is 3.12. The summed E-state index contributed by atoms with van der Waals surface area (Å²) < 4.78 is 0.670. The molecule has 1 aromatic heterocycles. The van der Waals surface area contributed by atoms with Gasteiger partial charge in [-0.3, -0.25) is 9.59 Å². The monoisotopic (exact) mass is 380 g/mol. The van der Waals surface area contributed by atoms with E-state index < -0.39 is 6.04 Å². The average Bonchev–Trinajstić information content (AvgIpc) is 3.04. The molecular weight excluding hydrogens is 360 g/mol. The number of anilines is 1. The fourth-order valence-corrected chi connectivity index (χ4v) is 3.76. The van der Waals surface area contributed by atoms with E-state index in [2.05, 4.69) is 33.2 Å². The summed E-state index contributed by atoms with van der Waals surface area (Å²) in [6, 6.07) is 3.62. The fourth-order valence-electron chi connectivity index (χ4n) is 3.45. The van der Waals surface area contributed by atoms with Crippen molar-refractivity contribution >= 4 is 34.1 Å². The molecule has 1 aromatic rings. The minimum Gasteiger partial charge on any atom is -0.330 e. The Hall–Kier alpha value is -1.47. The highest BCUT2D eigenvalue weighted by Crippen LogP contribution is 2.58. The van der Waals surface area contributed by atoms with Crippen LogP contribution in [0.15, 0.2) is 16.7 Å². The second-order valence-electron chi connectivity index (χ2n) is 7.02. The highest BCUT2D eigenvalue weighted by molar-refractivity contribution is 9.10. The number of carbonyl (C=O) groups excluding carboxylic acids is 2. The van der Waals surface area contributed by atoms with Crippen LogP contribution in [0.3, 0.4) is 0 Å². The number of amides is 2. The molecule has 2 amide bonds. The summed E-state index contributed by atoms with van der Waals surface area (Å²) in [7, 11) is 3.93. The Labute approximate surface area is 144 Å². The van der Waals surface area contributed by atoms with E-state index in [0.29, 0.717) is 17.0 Å². The lowest BCUT2D eigenvalue weighted by molar-refractivity contribution is -0.128. The maximum Gasteiger partial charge on any atom is 0.248 e. The van der Waals surface area contributed by atoms with Crippen molar-refractivity contribution in [3.05, 3.63) is 22.3 Å². The molecule has 2 heterocycles. The van der Waals surface area contributed by atoms with Crippen LogP contribution in [0.25, 0.3) is 0 Å². The molecule has 124 valence electrons. The molecule has 0 aromatic carbocycles. The third-order valence-corrected chi connectivity index (χ3v) is 5.22. The lowest BCUT2D eigenvalue weighted by Crippen LogP contribution is -2.41. The van der Waals surface area contributed by atoms with Gasteiger partial charge in [0.2, 0.25) is 12.3 Å². The van der Waals surface area contributed by atoms with Gasteiger partial charge in [0.25, 0.3) is 0 Å². The summed E-state index contributed by atoms with van der Waals surface area (Å²) >= 11 is 3.34. The lowest BCUT2D eigenvalue weighted by atomic mass is 10.0. The fraction of sp³-hybridized carbons (Fsp3) is 0.562. The number of hydrogen-bond acceptors (Lipinski definition) is 4. The number of carbonyl (C=O) groups is 2. The molecule has 6 nitrogen and oxygen atoms in total. The standard InChI is InChI=1S/C16H21BrN4O2/c1-16-6-11(21(9-22)12(16)7-16)15(23)19-14-10(8-20(2)3)4-5-13(17)18-14/h4-5,9,11-12H,6-8H2,1-3H3,(H,18,19,23)/t11-,12+,16-/m0/s1. The number of likely N-dealkylation sites (tertiary alicyclic amines) is 1. The van der Waals surface area contributed by atoms with Gasteiger partial charge >= 0.3 is 0 Å². The van der Waals surface area contributed by atoms with E-state index in [1.807, 2.05) is 31.1 Å². The molecule has 2 aliphatic rings. The Bertz CT molecular complexity index is 651. The zero-order chi connectivity index (χ0) is 16.8. The van der Waals surface area contributed by atoms with Gasteiger partial charge in [-0.05, 0) is 54.3 Å². The highest BCUT2D eigenvalue weighted by Gasteiger charge is 2.62. The average molecular weight is 381 g/mol. The van der Waals surface area contributed by atoms with Crippen LogP contribution < -0.4 is 5.32 Å². The van der Waals surface area contributed by atoms with Crippen molar-refractivity contribution in [3.8, 4) is 0 Å². The van der Waals surface area contributed by atoms with E-state index in [1.165, 1.54) is 0 Å². The van der Waals surface area contributed by atoms with Crippen LogP contribution in [-0.2, 0) is 16.1 Å². The first kappa shape index (κ1) is 16.4. The van der Waals surface area contributed by atoms with Crippen molar-refractivity contribution in [2.75, 3.05) is 19.4 Å². The Kier molecular flexibility index (Phi) is 4.18. The van der Waals surface area contributed by atoms with E-state index in [0.717, 1.165) is 24.8 Å². The minimum atomic E-state index is -0.399. The van der Waals surface area contributed by atoms with Gasteiger partial charge in [-0.15, -0.1) is 0 Å². The number of fused-ring (bicyclic) bond motifs is 1. The van der Waals surface area contributed by atoms with Crippen molar-refractivity contribution < 1.29 is 9.59 Å². The molecule has 1 saturated carbocycles. The van der Waals surface area contributed by atoms with E-state index in [1.54, 1.807) is 4.90 Å². The van der Waals surface area contributed by atoms with E-state index in [4.69, 9.17) is 0 Å². The number of nitrogens with one attached hydrogen (secondary N) is 1. The number of halogens is 1. The summed E-state index contributed by atoms with van der Waals surface area (Å²) in [4.78, 5) is 32.1. The van der Waals surface area contributed by atoms with Crippen molar-refractivity contribution in [2.45, 2.75) is 38.4 Å². The minimum absolute atomic E-state index is 0.111. The number of aromatic nitrogens is 1. The molecule has 1 saturated heterocycles. The van der Waals surface area contributed by atoms with Crippen LogP contribution in [0.4, 0.5) is 5.82 Å². The molecule has 0 radical (unpaired) electrons. The molecule has 1 N–H and O–H groups in total. The van der Waals surface area contributed by atoms with E-state index in [9.17, 15) is 9.59 Å². The third-order valence-electron chi connectivity index (χ3n) is 4.78. The number of pyridine rings is 1. The molecule has 23 heavy (non-hydrogen) atoms. The predicted octanol–water partition coefficient (Wildman–Crippen LogP) is 1.85. The van der Waals surface area contributed by atoms with Crippen molar-refractivity contribution in [3.63, 3.8) is 0 Å². The van der Waals surface area contributed by atoms with Crippen LogP contribution in [0.1, 0.15) is 25.3 Å². The van der Waals surface area contributed by atoms with Gasteiger partial charge in [0, 0.05) is 18.2 Å². The maximum atomic E-state index is 12.7. The molecule has 0 bridgehead atoms. The van der Waals surface area contributed by atoms with Gasteiger partial charge in [-0.2, -0.15) is 0 Å². The number of piperidine rings is 1. The summed E-state index contributed by atoms with van der Waals surface area (Å²) in [6.45, 7) is 2.81. The van der Waals surface area contributed by atoms with Crippen LogP contribution >= 0.6 is 15.9 Å². The summed E-state index contributed by atoms with van der Waals surface area (Å²) in [6.07, 6.45) is 2.53. The van der Waals surface area contributed by atoms with Crippen molar-refractivity contribution in [1.82, 2.24) is 14.8 Å². The van der Waals surface area contributed by atoms with Gasteiger partial charge in [0.15, 0.2) is 0 Å².